The van der Waals surface area contributed by atoms with Crippen LogP contribution in [0.4, 0.5) is 17.2 Å². The number of nitrogens with two attached hydrogens (primary N) is 1. The molecule has 0 saturated heterocycles. The fraction of sp³-hybridized carbons (Fsp3) is 0.217. The standard InChI is InChI=1S/C23H26N4O/c1-26(2)15-8-16-27(23-21(24)12-7-14-25-23)22-13-6-5-11-20(22)19-10-4-3-9-18(19)17-28/h3-7,9-14,17H,8,15-16,24H2,1-2H3. The lowest BCUT2D eigenvalue weighted by Crippen LogP contribution is -2.25. The third-order valence-electron chi connectivity index (χ3n) is 4.63. The average molecular weight is 374 g/mol. The van der Waals surface area contributed by atoms with Gasteiger partial charge in [0.15, 0.2) is 12.1 Å². The minimum Gasteiger partial charge on any atom is -0.396 e. The molecule has 0 saturated carbocycles. The van der Waals surface area contributed by atoms with Gasteiger partial charge in [0.1, 0.15) is 0 Å². The molecule has 0 radical (unpaired) electrons. The first-order valence-electron chi connectivity index (χ1n) is 9.38. The van der Waals surface area contributed by atoms with Crippen molar-refractivity contribution in [2.75, 3.05) is 37.8 Å². The van der Waals surface area contributed by atoms with Gasteiger partial charge in [-0.05, 0) is 50.8 Å². The number of nitrogen functional groups attached to an aromatic ring is 1. The maximum absolute atomic E-state index is 11.6. The minimum absolute atomic E-state index is 0.630. The molecule has 0 aliphatic rings. The molecule has 1 aromatic heterocycles. The van der Waals surface area contributed by atoms with E-state index in [9.17, 15) is 4.79 Å². The van der Waals surface area contributed by atoms with E-state index in [0.717, 1.165) is 48.4 Å². The number of aromatic nitrogens is 1. The monoisotopic (exact) mass is 374 g/mol. The summed E-state index contributed by atoms with van der Waals surface area (Å²) in [5.74, 6) is 0.734. The molecule has 2 aromatic carbocycles. The Morgan fingerprint density at radius 1 is 0.929 bits per heavy atom. The summed E-state index contributed by atoms with van der Waals surface area (Å²) in [6.07, 6.45) is 3.61. The predicted molar refractivity (Wildman–Crippen MR) is 116 cm³/mol. The van der Waals surface area contributed by atoms with Crippen molar-refractivity contribution in [1.29, 1.82) is 0 Å². The molecule has 0 fully saturated rings. The number of nitrogens with zero attached hydrogens (tertiary/aromatic N) is 3. The van der Waals surface area contributed by atoms with Gasteiger partial charge in [0.05, 0.1) is 11.4 Å². The highest BCUT2D eigenvalue weighted by atomic mass is 16.1. The first-order chi connectivity index (χ1) is 13.6. The summed E-state index contributed by atoms with van der Waals surface area (Å²) < 4.78 is 0. The van der Waals surface area contributed by atoms with Gasteiger partial charge in [-0.2, -0.15) is 0 Å². The molecule has 0 spiro atoms. The summed E-state index contributed by atoms with van der Waals surface area (Å²) >= 11 is 0. The zero-order valence-electron chi connectivity index (χ0n) is 16.4. The van der Waals surface area contributed by atoms with Crippen molar-refractivity contribution in [1.82, 2.24) is 9.88 Å². The van der Waals surface area contributed by atoms with Gasteiger partial charge in [-0.1, -0.05) is 42.5 Å². The molecule has 2 N–H and O–H groups in total. The van der Waals surface area contributed by atoms with E-state index >= 15 is 0 Å². The van der Waals surface area contributed by atoms with Crippen LogP contribution < -0.4 is 10.6 Å². The van der Waals surface area contributed by atoms with Crippen molar-refractivity contribution >= 4 is 23.5 Å². The fourth-order valence-corrected chi connectivity index (χ4v) is 3.30. The fourth-order valence-electron chi connectivity index (χ4n) is 3.30. The molecule has 5 nitrogen and oxygen atoms in total. The Bertz CT molecular complexity index is 939. The zero-order valence-corrected chi connectivity index (χ0v) is 16.4. The highest BCUT2D eigenvalue weighted by molar-refractivity contribution is 5.93. The van der Waals surface area contributed by atoms with Crippen LogP contribution in [0.3, 0.4) is 0 Å². The predicted octanol–water partition coefficient (Wildman–Crippen LogP) is 4.23. The van der Waals surface area contributed by atoms with Crippen molar-refractivity contribution in [2.24, 2.45) is 0 Å². The molecule has 0 amide bonds. The zero-order chi connectivity index (χ0) is 19.9. The third-order valence-corrected chi connectivity index (χ3v) is 4.63. The van der Waals surface area contributed by atoms with Crippen LogP contribution in [0.15, 0.2) is 66.9 Å². The van der Waals surface area contributed by atoms with E-state index in [4.69, 9.17) is 5.73 Å². The average Bonchev–Trinajstić information content (AvgIpc) is 2.72. The Morgan fingerprint density at radius 3 is 2.36 bits per heavy atom. The minimum atomic E-state index is 0.630. The van der Waals surface area contributed by atoms with Crippen LogP contribution in [0.1, 0.15) is 16.8 Å². The molecule has 3 rings (SSSR count). The van der Waals surface area contributed by atoms with E-state index in [-0.39, 0.29) is 0 Å². The number of para-hydroxylation sites is 1. The molecule has 1 heterocycles. The molecule has 0 atom stereocenters. The molecule has 3 aromatic rings. The van der Waals surface area contributed by atoms with Crippen molar-refractivity contribution in [3.05, 3.63) is 72.4 Å². The summed E-state index contributed by atoms with van der Waals surface area (Å²) in [6.45, 7) is 1.72. The quantitative estimate of drug-likeness (QED) is 0.598. The molecule has 144 valence electrons. The Balaban J connectivity index is 2.10. The molecule has 0 unspecified atom stereocenters. The Kier molecular flexibility index (Phi) is 6.40. The maximum atomic E-state index is 11.6. The Labute approximate surface area is 166 Å². The molecule has 0 aliphatic carbocycles. The van der Waals surface area contributed by atoms with Crippen LogP contribution in [0.2, 0.25) is 0 Å². The summed E-state index contributed by atoms with van der Waals surface area (Å²) in [4.78, 5) is 20.5. The van der Waals surface area contributed by atoms with Gasteiger partial charge in [0.25, 0.3) is 0 Å². The van der Waals surface area contributed by atoms with E-state index in [2.05, 4.69) is 34.9 Å². The van der Waals surface area contributed by atoms with Crippen LogP contribution in [0.25, 0.3) is 11.1 Å². The summed E-state index contributed by atoms with van der Waals surface area (Å²) in [5, 5.41) is 0. The number of pyridine rings is 1. The molecular weight excluding hydrogens is 348 g/mol. The number of anilines is 3. The van der Waals surface area contributed by atoms with Crippen LogP contribution in [0.5, 0.6) is 0 Å². The van der Waals surface area contributed by atoms with Gasteiger partial charge in [0, 0.05) is 23.9 Å². The smallest absolute Gasteiger partial charge is 0.156 e. The number of aldehydes is 1. The largest absolute Gasteiger partial charge is 0.396 e. The second-order valence-corrected chi connectivity index (χ2v) is 6.95. The number of hydrogen-bond donors (Lipinski definition) is 1. The Hall–Kier alpha value is -3.18. The van der Waals surface area contributed by atoms with E-state index in [1.807, 2.05) is 54.6 Å². The number of carbonyl (C=O) groups is 1. The first-order valence-corrected chi connectivity index (χ1v) is 9.38. The second kappa shape index (κ2) is 9.15. The summed E-state index contributed by atoms with van der Waals surface area (Å²) in [6, 6.07) is 19.4. The van der Waals surface area contributed by atoms with Gasteiger partial charge in [-0.3, -0.25) is 4.79 Å². The SMILES string of the molecule is CN(C)CCCN(c1ccccc1-c1ccccc1C=O)c1ncccc1N. The van der Waals surface area contributed by atoms with Crippen molar-refractivity contribution in [3.8, 4) is 11.1 Å². The van der Waals surface area contributed by atoms with E-state index in [0.29, 0.717) is 11.3 Å². The topological polar surface area (TPSA) is 62.5 Å². The van der Waals surface area contributed by atoms with E-state index in [1.54, 1.807) is 6.20 Å². The molecule has 0 aliphatic heterocycles. The van der Waals surface area contributed by atoms with Gasteiger partial charge in [0.2, 0.25) is 0 Å². The van der Waals surface area contributed by atoms with Crippen LogP contribution in [-0.2, 0) is 0 Å². The summed E-state index contributed by atoms with van der Waals surface area (Å²) in [5.41, 5.74) is 10.4. The van der Waals surface area contributed by atoms with Crippen molar-refractivity contribution in [2.45, 2.75) is 6.42 Å². The number of hydrogen-bond acceptors (Lipinski definition) is 5. The summed E-state index contributed by atoms with van der Waals surface area (Å²) in [7, 11) is 4.13. The highest BCUT2D eigenvalue weighted by Gasteiger charge is 2.18. The molecule has 5 heteroatoms. The first kappa shape index (κ1) is 19.6. The highest BCUT2D eigenvalue weighted by Crippen LogP contribution is 2.37. The second-order valence-electron chi connectivity index (χ2n) is 6.95. The van der Waals surface area contributed by atoms with Crippen LogP contribution in [-0.4, -0.2) is 43.4 Å². The lowest BCUT2D eigenvalue weighted by atomic mass is 9.98. The van der Waals surface area contributed by atoms with E-state index < -0.39 is 0 Å². The lowest BCUT2D eigenvalue weighted by Gasteiger charge is -2.28. The normalized spacial score (nSPS) is 10.8. The van der Waals surface area contributed by atoms with Crippen molar-refractivity contribution < 1.29 is 4.79 Å². The number of carbonyl (C=O) groups excluding carboxylic acids is 1. The molecule has 0 bridgehead atoms. The van der Waals surface area contributed by atoms with Crippen LogP contribution in [0, 0.1) is 0 Å². The molecular formula is C23H26N4O. The Morgan fingerprint density at radius 2 is 1.64 bits per heavy atom. The third kappa shape index (κ3) is 4.38. The lowest BCUT2D eigenvalue weighted by molar-refractivity contribution is 0.112. The van der Waals surface area contributed by atoms with Gasteiger partial charge in [-0.15, -0.1) is 0 Å². The van der Waals surface area contributed by atoms with Gasteiger partial charge < -0.3 is 15.5 Å². The maximum Gasteiger partial charge on any atom is 0.156 e. The van der Waals surface area contributed by atoms with Gasteiger partial charge in [-0.25, -0.2) is 4.98 Å². The molecule has 28 heavy (non-hydrogen) atoms. The van der Waals surface area contributed by atoms with Gasteiger partial charge >= 0.3 is 0 Å². The van der Waals surface area contributed by atoms with E-state index in [1.165, 1.54) is 0 Å². The van der Waals surface area contributed by atoms with Crippen LogP contribution >= 0.6 is 0 Å². The van der Waals surface area contributed by atoms with Crippen molar-refractivity contribution in [3.63, 3.8) is 0 Å². The number of rotatable bonds is 8. The number of benzene rings is 2.